The van der Waals surface area contributed by atoms with E-state index < -0.39 is 22.0 Å². The van der Waals surface area contributed by atoms with Crippen LogP contribution < -0.4 is 10.0 Å². The second-order valence-electron chi connectivity index (χ2n) is 6.85. The molecular weight excluding hydrogens is 488 g/mol. The number of nitrogens with one attached hydrogen (secondary N) is 2. The van der Waals surface area contributed by atoms with Crippen LogP contribution >= 0.6 is 28.1 Å². The molecular formula is C21H25BrN2O4S2. The lowest BCUT2D eigenvalue weighted by Crippen LogP contribution is -2.42. The summed E-state index contributed by atoms with van der Waals surface area (Å²) in [4.78, 5) is 11.3. The van der Waals surface area contributed by atoms with E-state index in [0.29, 0.717) is 17.8 Å². The van der Waals surface area contributed by atoms with E-state index in [1.807, 2.05) is 31.2 Å². The lowest BCUT2D eigenvalue weighted by molar-refractivity contribution is -0.136. The number of anilines is 1. The van der Waals surface area contributed by atoms with Crippen molar-refractivity contribution in [2.24, 2.45) is 0 Å². The molecule has 0 saturated heterocycles. The highest BCUT2D eigenvalue weighted by atomic mass is 79.9. The van der Waals surface area contributed by atoms with Gasteiger partial charge in [0.25, 0.3) is 0 Å². The van der Waals surface area contributed by atoms with Crippen molar-refractivity contribution in [3.8, 4) is 0 Å². The molecule has 0 amide bonds. The fraction of sp³-hybridized carbons (Fsp3) is 0.333. The average molecular weight is 513 g/mol. The monoisotopic (exact) mass is 512 g/mol. The number of thiocarbonyl (C=S) groups is 1. The number of rotatable bonds is 11. The molecule has 0 aromatic heterocycles. The van der Waals surface area contributed by atoms with E-state index in [1.165, 1.54) is 12.1 Å². The summed E-state index contributed by atoms with van der Waals surface area (Å²) in [6.45, 7) is 2.03. The molecule has 0 radical (unpaired) electrons. The van der Waals surface area contributed by atoms with Gasteiger partial charge >= 0.3 is 5.97 Å². The number of hydrogen-bond acceptors (Lipinski definition) is 4. The van der Waals surface area contributed by atoms with Gasteiger partial charge in [0.15, 0.2) is 0 Å². The smallest absolute Gasteiger partial charge is 0.303 e. The Morgan fingerprint density at radius 1 is 1.13 bits per heavy atom. The maximum Gasteiger partial charge on any atom is 0.303 e. The molecule has 0 unspecified atom stereocenters. The van der Waals surface area contributed by atoms with Crippen LogP contribution in [-0.4, -0.2) is 30.5 Å². The summed E-state index contributed by atoms with van der Waals surface area (Å²) in [7, 11) is -3.72. The second kappa shape index (κ2) is 11.5. The predicted octanol–water partition coefficient (Wildman–Crippen LogP) is 4.74. The minimum absolute atomic E-state index is 0.0715. The van der Waals surface area contributed by atoms with Crippen LogP contribution in [0.15, 0.2) is 57.9 Å². The largest absolute Gasteiger partial charge is 0.481 e. The van der Waals surface area contributed by atoms with Crippen molar-refractivity contribution < 1.29 is 18.3 Å². The third-order valence-electron chi connectivity index (χ3n) is 4.43. The van der Waals surface area contributed by atoms with Gasteiger partial charge in [-0.3, -0.25) is 4.79 Å². The van der Waals surface area contributed by atoms with Gasteiger partial charge in [0.2, 0.25) is 10.0 Å². The highest BCUT2D eigenvalue weighted by Gasteiger charge is 2.23. The summed E-state index contributed by atoms with van der Waals surface area (Å²) in [6.07, 6.45) is 2.84. The predicted molar refractivity (Wildman–Crippen MR) is 126 cm³/mol. The molecule has 9 heteroatoms. The number of aryl methyl sites for hydroxylation is 1. The summed E-state index contributed by atoms with van der Waals surface area (Å²) in [5.74, 6) is -0.838. The fourth-order valence-electron chi connectivity index (χ4n) is 2.76. The minimum Gasteiger partial charge on any atom is -0.481 e. The van der Waals surface area contributed by atoms with Gasteiger partial charge in [-0.2, -0.15) is 0 Å². The van der Waals surface area contributed by atoms with Crippen molar-refractivity contribution in [2.75, 3.05) is 5.32 Å². The van der Waals surface area contributed by atoms with E-state index in [9.17, 15) is 13.2 Å². The van der Waals surface area contributed by atoms with Gasteiger partial charge in [-0.15, -0.1) is 0 Å². The standard InChI is InChI=1S/C21H25BrN2O4S2/c1-2-3-4-19(24-30(27,28)18-12-8-16(22)9-13-18)21(29)23-17-10-5-15(6-11-17)7-14-20(25)26/h5-6,8-13,19,24H,2-4,7,14H2,1H3,(H,23,29)(H,25,26)/t19-/m0/s1. The molecule has 6 nitrogen and oxygen atoms in total. The topological polar surface area (TPSA) is 95.5 Å². The van der Waals surface area contributed by atoms with Crippen LogP contribution in [-0.2, 0) is 21.2 Å². The van der Waals surface area contributed by atoms with Crippen molar-refractivity contribution in [1.82, 2.24) is 4.72 Å². The number of unbranched alkanes of at least 4 members (excludes halogenated alkanes) is 1. The summed E-state index contributed by atoms with van der Waals surface area (Å²) >= 11 is 8.81. The van der Waals surface area contributed by atoms with Crippen LogP contribution in [0.2, 0.25) is 0 Å². The number of hydrogen-bond donors (Lipinski definition) is 3. The van der Waals surface area contributed by atoms with E-state index >= 15 is 0 Å². The van der Waals surface area contributed by atoms with Crippen molar-refractivity contribution in [3.05, 3.63) is 58.6 Å². The normalized spacial score (nSPS) is 12.3. The van der Waals surface area contributed by atoms with Crippen molar-refractivity contribution in [1.29, 1.82) is 0 Å². The third-order valence-corrected chi connectivity index (χ3v) is 6.84. The molecule has 0 heterocycles. The Balaban J connectivity index is 2.09. The molecule has 0 aliphatic carbocycles. The summed E-state index contributed by atoms with van der Waals surface area (Å²) in [5, 5.41) is 11.9. The van der Waals surface area contributed by atoms with Gasteiger partial charge in [0.1, 0.15) is 0 Å². The molecule has 2 aromatic rings. The molecule has 0 spiro atoms. The first-order valence-electron chi connectivity index (χ1n) is 9.60. The van der Waals surface area contributed by atoms with E-state index in [-0.39, 0.29) is 11.3 Å². The van der Waals surface area contributed by atoms with Crippen LogP contribution in [0.5, 0.6) is 0 Å². The number of aliphatic carboxylic acids is 1. The van der Waals surface area contributed by atoms with Crippen molar-refractivity contribution in [2.45, 2.75) is 50.0 Å². The zero-order valence-electron chi connectivity index (χ0n) is 16.6. The fourth-order valence-corrected chi connectivity index (χ4v) is 4.63. The molecule has 162 valence electrons. The Bertz CT molecular complexity index is 962. The van der Waals surface area contributed by atoms with Crippen LogP contribution in [0.1, 0.15) is 38.2 Å². The number of carbonyl (C=O) groups is 1. The Hall–Kier alpha value is -1.81. The molecule has 0 aliphatic rings. The molecule has 0 bridgehead atoms. The van der Waals surface area contributed by atoms with Crippen LogP contribution in [0.25, 0.3) is 0 Å². The number of carboxylic acid groups (broad SMARTS) is 1. The quantitative estimate of drug-likeness (QED) is 0.376. The molecule has 1 atom stereocenters. The number of benzene rings is 2. The van der Waals surface area contributed by atoms with Crippen LogP contribution in [0, 0.1) is 0 Å². The number of carboxylic acids is 1. The third kappa shape index (κ3) is 7.79. The molecule has 0 saturated carbocycles. The first-order chi connectivity index (χ1) is 14.2. The first kappa shape index (κ1) is 24.5. The van der Waals surface area contributed by atoms with Gasteiger partial charge < -0.3 is 10.4 Å². The van der Waals surface area contributed by atoms with E-state index in [1.54, 1.807) is 12.1 Å². The van der Waals surface area contributed by atoms with Gasteiger partial charge in [-0.1, -0.05) is 60.0 Å². The van der Waals surface area contributed by atoms with Crippen molar-refractivity contribution in [3.63, 3.8) is 0 Å². The zero-order chi connectivity index (χ0) is 22.1. The number of halogens is 1. The summed E-state index contributed by atoms with van der Waals surface area (Å²) < 4.78 is 29.1. The Morgan fingerprint density at radius 3 is 2.33 bits per heavy atom. The lowest BCUT2D eigenvalue weighted by Gasteiger charge is -2.21. The molecule has 0 fully saturated rings. The Kier molecular flexibility index (Phi) is 9.41. The van der Waals surface area contributed by atoms with E-state index in [2.05, 4.69) is 26.0 Å². The zero-order valence-corrected chi connectivity index (χ0v) is 19.8. The molecule has 2 aromatic carbocycles. The van der Waals surface area contributed by atoms with E-state index in [0.717, 1.165) is 28.6 Å². The second-order valence-corrected chi connectivity index (χ2v) is 9.92. The maximum absolute atomic E-state index is 12.8. The average Bonchev–Trinajstić information content (AvgIpc) is 2.70. The van der Waals surface area contributed by atoms with Crippen LogP contribution in [0.3, 0.4) is 0 Å². The Labute approximate surface area is 191 Å². The molecule has 2 rings (SSSR count). The number of sulfonamides is 1. The lowest BCUT2D eigenvalue weighted by atomic mass is 10.1. The van der Waals surface area contributed by atoms with Gasteiger partial charge in [-0.25, -0.2) is 13.1 Å². The summed E-state index contributed by atoms with van der Waals surface area (Å²) in [6, 6.07) is 13.2. The van der Waals surface area contributed by atoms with E-state index in [4.69, 9.17) is 17.3 Å². The van der Waals surface area contributed by atoms with Gasteiger partial charge in [0, 0.05) is 16.6 Å². The minimum atomic E-state index is -3.72. The SMILES string of the molecule is CCCC[C@H](NS(=O)(=O)c1ccc(Br)cc1)C(=S)Nc1ccc(CCC(=O)O)cc1. The molecule has 30 heavy (non-hydrogen) atoms. The Morgan fingerprint density at radius 2 is 1.77 bits per heavy atom. The molecule has 0 aliphatic heterocycles. The van der Waals surface area contributed by atoms with Crippen LogP contribution in [0.4, 0.5) is 5.69 Å². The van der Waals surface area contributed by atoms with Crippen molar-refractivity contribution >= 4 is 54.8 Å². The maximum atomic E-state index is 12.8. The highest BCUT2D eigenvalue weighted by molar-refractivity contribution is 9.10. The first-order valence-corrected chi connectivity index (χ1v) is 12.3. The molecule has 3 N–H and O–H groups in total. The highest BCUT2D eigenvalue weighted by Crippen LogP contribution is 2.17. The van der Waals surface area contributed by atoms with Gasteiger partial charge in [0.05, 0.1) is 15.9 Å². The summed E-state index contributed by atoms with van der Waals surface area (Å²) in [5.41, 5.74) is 1.63. The van der Waals surface area contributed by atoms with Gasteiger partial charge in [-0.05, 0) is 54.8 Å².